The van der Waals surface area contributed by atoms with Gasteiger partial charge in [-0.05, 0) is 36.4 Å². The van der Waals surface area contributed by atoms with Crippen LogP contribution in [0.3, 0.4) is 0 Å². The maximum Gasteiger partial charge on any atom is 0.267 e. The first-order valence-corrected chi connectivity index (χ1v) is 9.70. The third-order valence-electron chi connectivity index (χ3n) is 2.94. The topological polar surface area (TPSA) is 92.3 Å². The van der Waals surface area contributed by atoms with Gasteiger partial charge >= 0.3 is 0 Å². The Bertz CT molecular complexity index is 923. The van der Waals surface area contributed by atoms with E-state index in [1.165, 1.54) is 24.3 Å². The average molecular weight is 376 g/mol. The lowest BCUT2D eigenvalue weighted by Crippen LogP contribution is -2.23. The first-order valence-electron chi connectivity index (χ1n) is 6.74. The van der Waals surface area contributed by atoms with Crippen LogP contribution in [0.5, 0.6) is 0 Å². The number of benzene rings is 2. The normalized spacial score (nSPS) is 12.1. The number of sulfonamides is 2. The van der Waals surface area contributed by atoms with Crippen molar-refractivity contribution in [3.05, 3.63) is 54.1 Å². The summed E-state index contributed by atoms with van der Waals surface area (Å²) in [5.74, 6) is -2.46. The molecule has 0 aromatic heterocycles. The van der Waals surface area contributed by atoms with Crippen molar-refractivity contribution >= 4 is 25.7 Å². The molecular formula is C14H14F2N2O4S2. The van der Waals surface area contributed by atoms with Crippen molar-refractivity contribution in [2.75, 3.05) is 11.3 Å². The van der Waals surface area contributed by atoms with Gasteiger partial charge in [0.25, 0.3) is 10.0 Å². The van der Waals surface area contributed by atoms with E-state index < -0.39 is 36.6 Å². The van der Waals surface area contributed by atoms with Crippen molar-refractivity contribution in [1.29, 1.82) is 0 Å². The van der Waals surface area contributed by atoms with E-state index >= 15 is 0 Å². The second-order valence-electron chi connectivity index (χ2n) is 4.68. The molecule has 0 saturated heterocycles. The fourth-order valence-electron chi connectivity index (χ4n) is 1.92. The van der Waals surface area contributed by atoms with Gasteiger partial charge in [0.15, 0.2) is 4.90 Å². The molecule has 2 rings (SSSR count). The molecule has 2 N–H and O–H groups in total. The predicted molar refractivity (Wildman–Crippen MR) is 84.5 cm³/mol. The van der Waals surface area contributed by atoms with E-state index in [0.29, 0.717) is 0 Å². The van der Waals surface area contributed by atoms with Crippen LogP contribution in [-0.4, -0.2) is 23.4 Å². The summed E-state index contributed by atoms with van der Waals surface area (Å²) >= 11 is 0. The van der Waals surface area contributed by atoms with Crippen LogP contribution in [0.15, 0.2) is 52.3 Å². The van der Waals surface area contributed by atoms with Crippen molar-refractivity contribution in [2.45, 2.75) is 16.7 Å². The van der Waals surface area contributed by atoms with Crippen LogP contribution in [0.25, 0.3) is 0 Å². The zero-order chi connectivity index (χ0) is 18.0. The van der Waals surface area contributed by atoms with Gasteiger partial charge in [0.05, 0.1) is 4.90 Å². The molecule has 0 saturated carbocycles. The van der Waals surface area contributed by atoms with Gasteiger partial charge in [0.2, 0.25) is 10.0 Å². The first-order chi connectivity index (χ1) is 11.2. The van der Waals surface area contributed by atoms with Gasteiger partial charge in [0.1, 0.15) is 11.6 Å². The Labute approximate surface area is 138 Å². The fraction of sp³-hybridized carbons (Fsp3) is 0.143. The van der Waals surface area contributed by atoms with Gasteiger partial charge in [-0.3, -0.25) is 4.72 Å². The SMILES string of the molecule is CCNS(=O)(=O)c1ccc(NS(=O)(=O)c2c(F)cccc2F)cc1. The molecule has 0 aliphatic heterocycles. The monoisotopic (exact) mass is 376 g/mol. The molecule has 0 radical (unpaired) electrons. The summed E-state index contributed by atoms with van der Waals surface area (Å²) in [6, 6.07) is 7.40. The Balaban J connectivity index is 2.32. The summed E-state index contributed by atoms with van der Waals surface area (Å²) in [6.45, 7) is 1.81. The minimum Gasteiger partial charge on any atom is -0.279 e. The maximum atomic E-state index is 13.6. The third kappa shape index (κ3) is 3.89. The van der Waals surface area contributed by atoms with Crippen molar-refractivity contribution in [3.8, 4) is 0 Å². The van der Waals surface area contributed by atoms with Crippen LogP contribution in [0.1, 0.15) is 6.92 Å². The summed E-state index contributed by atoms with van der Waals surface area (Å²) < 4.78 is 79.3. The Morgan fingerprint density at radius 3 is 1.92 bits per heavy atom. The number of nitrogens with one attached hydrogen (secondary N) is 2. The van der Waals surface area contributed by atoms with Crippen LogP contribution in [-0.2, 0) is 20.0 Å². The number of hydrogen-bond donors (Lipinski definition) is 2. The average Bonchev–Trinajstić information content (AvgIpc) is 2.46. The van der Waals surface area contributed by atoms with Crippen LogP contribution in [0.2, 0.25) is 0 Å². The van der Waals surface area contributed by atoms with Gasteiger partial charge in [-0.15, -0.1) is 0 Å². The Kier molecular flexibility index (Phi) is 5.21. The molecule has 0 aliphatic carbocycles. The van der Waals surface area contributed by atoms with E-state index in [0.717, 1.165) is 18.2 Å². The van der Waals surface area contributed by atoms with Crippen LogP contribution in [0, 0.1) is 11.6 Å². The fourth-order valence-corrected chi connectivity index (χ4v) is 4.16. The highest BCUT2D eigenvalue weighted by atomic mass is 32.2. The van der Waals surface area contributed by atoms with E-state index in [4.69, 9.17) is 0 Å². The minimum atomic E-state index is -4.50. The Hall–Kier alpha value is -2.04. The van der Waals surface area contributed by atoms with Gasteiger partial charge < -0.3 is 0 Å². The third-order valence-corrected chi connectivity index (χ3v) is 5.93. The second kappa shape index (κ2) is 6.83. The lowest BCUT2D eigenvalue weighted by atomic mass is 10.3. The quantitative estimate of drug-likeness (QED) is 0.807. The first kappa shape index (κ1) is 18.3. The molecule has 0 atom stereocenters. The molecule has 0 amide bonds. The molecule has 0 heterocycles. The standard InChI is InChI=1S/C14H14F2N2O4S2/c1-2-17-23(19,20)11-8-6-10(7-9-11)18-24(21,22)14-12(15)4-3-5-13(14)16/h3-9,17-18H,2H2,1H3. The molecule has 10 heteroatoms. The van der Waals surface area contributed by atoms with E-state index in [2.05, 4.69) is 4.72 Å². The highest BCUT2D eigenvalue weighted by molar-refractivity contribution is 7.92. The molecular weight excluding hydrogens is 362 g/mol. The summed E-state index contributed by atoms with van der Waals surface area (Å²) in [5, 5.41) is 0. The summed E-state index contributed by atoms with van der Waals surface area (Å²) in [6.07, 6.45) is 0. The van der Waals surface area contributed by atoms with E-state index in [-0.39, 0.29) is 17.1 Å². The van der Waals surface area contributed by atoms with Crippen molar-refractivity contribution in [3.63, 3.8) is 0 Å². The van der Waals surface area contributed by atoms with E-state index in [9.17, 15) is 25.6 Å². The highest BCUT2D eigenvalue weighted by Crippen LogP contribution is 2.22. The second-order valence-corrected chi connectivity index (χ2v) is 8.07. The minimum absolute atomic E-state index is 0.0342. The van der Waals surface area contributed by atoms with Gasteiger partial charge in [-0.25, -0.2) is 30.3 Å². The largest absolute Gasteiger partial charge is 0.279 e. The Morgan fingerprint density at radius 1 is 0.875 bits per heavy atom. The lowest BCUT2D eigenvalue weighted by Gasteiger charge is -2.10. The van der Waals surface area contributed by atoms with Crippen molar-refractivity contribution in [1.82, 2.24) is 4.72 Å². The lowest BCUT2D eigenvalue weighted by molar-refractivity contribution is 0.521. The molecule has 2 aromatic carbocycles. The van der Waals surface area contributed by atoms with Crippen LogP contribution in [0.4, 0.5) is 14.5 Å². The van der Waals surface area contributed by atoms with Crippen molar-refractivity contribution < 1.29 is 25.6 Å². The number of anilines is 1. The maximum absolute atomic E-state index is 13.6. The van der Waals surface area contributed by atoms with Gasteiger partial charge in [-0.2, -0.15) is 0 Å². The zero-order valence-electron chi connectivity index (χ0n) is 12.5. The molecule has 0 unspecified atom stereocenters. The van der Waals surface area contributed by atoms with E-state index in [1.807, 2.05) is 4.72 Å². The molecule has 6 nitrogen and oxygen atoms in total. The number of halogens is 2. The highest BCUT2D eigenvalue weighted by Gasteiger charge is 2.24. The summed E-state index contributed by atoms with van der Waals surface area (Å²) in [5.41, 5.74) is -0.0342. The van der Waals surface area contributed by atoms with Crippen LogP contribution >= 0.6 is 0 Å². The van der Waals surface area contributed by atoms with Crippen LogP contribution < -0.4 is 9.44 Å². The number of rotatable bonds is 6. The zero-order valence-corrected chi connectivity index (χ0v) is 14.1. The molecule has 0 fully saturated rings. The summed E-state index contributed by atoms with van der Waals surface area (Å²) in [4.78, 5) is -1.17. The van der Waals surface area contributed by atoms with Gasteiger partial charge in [0, 0.05) is 12.2 Å². The predicted octanol–water partition coefficient (Wildman–Crippen LogP) is 2.06. The molecule has 0 spiro atoms. The number of hydrogen-bond acceptors (Lipinski definition) is 4. The van der Waals surface area contributed by atoms with Crippen molar-refractivity contribution in [2.24, 2.45) is 0 Å². The molecule has 24 heavy (non-hydrogen) atoms. The Morgan fingerprint density at radius 2 is 1.42 bits per heavy atom. The smallest absolute Gasteiger partial charge is 0.267 e. The molecule has 0 aliphatic rings. The summed E-state index contributed by atoms with van der Waals surface area (Å²) in [7, 11) is -8.18. The van der Waals surface area contributed by atoms with Gasteiger partial charge in [-0.1, -0.05) is 13.0 Å². The van der Waals surface area contributed by atoms with E-state index in [1.54, 1.807) is 6.92 Å². The molecule has 2 aromatic rings. The molecule has 0 bridgehead atoms. The molecule has 130 valence electrons.